The first-order valence-corrected chi connectivity index (χ1v) is 6.44. The first kappa shape index (κ1) is 13.8. The molecule has 2 rings (SSSR count). The predicted octanol–water partition coefficient (Wildman–Crippen LogP) is 2.94. The smallest absolute Gasteiger partial charge is 0.205 e. The molecular weight excluding hydrogens is 278 g/mol. The molecule has 102 valence electrons. The summed E-state index contributed by atoms with van der Waals surface area (Å²) in [6.45, 7) is 0. The number of rotatable bonds is 3. The number of aromatic hydroxyl groups is 3. The van der Waals surface area contributed by atoms with Crippen molar-refractivity contribution in [2.24, 2.45) is 0 Å². The molecule has 0 saturated carbocycles. The minimum absolute atomic E-state index is 0.00962. The minimum Gasteiger partial charge on any atom is -0.504 e. The molecule has 0 radical (unpaired) electrons. The first-order chi connectivity index (χ1) is 9.58. The maximum Gasteiger partial charge on any atom is 0.205 e. The molecule has 0 amide bonds. The lowest BCUT2D eigenvalue weighted by Gasteiger charge is -2.10. The van der Waals surface area contributed by atoms with Crippen molar-refractivity contribution < 1.29 is 20.1 Å². The summed E-state index contributed by atoms with van der Waals surface area (Å²) in [6, 6.07) is 6.87. The van der Waals surface area contributed by atoms with Gasteiger partial charge >= 0.3 is 0 Å². The normalized spacial score (nSPS) is 11.1. The molecule has 1 aromatic carbocycles. The first-order valence-electron chi connectivity index (χ1n) is 5.56. The molecule has 2 aromatic rings. The van der Waals surface area contributed by atoms with Crippen LogP contribution >= 0.6 is 11.3 Å². The van der Waals surface area contributed by atoms with E-state index in [1.807, 2.05) is 17.5 Å². The predicted molar refractivity (Wildman–Crippen MR) is 75.8 cm³/mol. The number of benzene rings is 1. The van der Waals surface area contributed by atoms with E-state index < -0.39 is 17.2 Å². The van der Waals surface area contributed by atoms with Crippen molar-refractivity contribution in [2.45, 2.75) is 0 Å². The average molecular weight is 289 g/mol. The summed E-state index contributed by atoms with van der Waals surface area (Å²) in [4.78, 5) is 0.751. The molecule has 1 heterocycles. The molecule has 0 aliphatic rings. The van der Waals surface area contributed by atoms with E-state index in [9.17, 15) is 20.6 Å². The Labute approximate surface area is 119 Å². The van der Waals surface area contributed by atoms with Gasteiger partial charge in [-0.2, -0.15) is 5.26 Å². The van der Waals surface area contributed by atoms with Gasteiger partial charge < -0.3 is 20.1 Å². The number of phenolic OH excluding ortho intramolecular Hbond substituents is 3. The molecule has 0 aliphatic heterocycles. The second kappa shape index (κ2) is 5.55. The third kappa shape index (κ3) is 2.39. The van der Waals surface area contributed by atoms with Crippen molar-refractivity contribution in [1.29, 1.82) is 5.26 Å². The molecule has 1 aromatic heterocycles. The Kier molecular flexibility index (Phi) is 3.82. The maximum atomic E-state index is 9.73. The third-order valence-corrected chi connectivity index (χ3v) is 3.55. The van der Waals surface area contributed by atoms with Gasteiger partial charge in [-0.15, -0.1) is 11.3 Å². The van der Waals surface area contributed by atoms with Crippen LogP contribution in [0.4, 0.5) is 0 Å². The van der Waals surface area contributed by atoms with Crippen LogP contribution < -0.4 is 4.74 Å². The van der Waals surface area contributed by atoms with Crippen LogP contribution in [0.3, 0.4) is 0 Å². The topological polar surface area (TPSA) is 93.7 Å². The monoisotopic (exact) mass is 289 g/mol. The van der Waals surface area contributed by atoms with Crippen LogP contribution in [-0.4, -0.2) is 22.4 Å². The van der Waals surface area contributed by atoms with Gasteiger partial charge in [0.15, 0.2) is 11.5 Å². The Hall–Kier alpha value is -2.65. The summed E-state index contributed by atoms with van der Waals surface area (Å²) in [7, 11) is 1.32. The van der Waals surface area contributed by atoms with Crippen LogP contribution in [0.25, 0.3) is 11.6 Å². The standard InChI is InChI=1S/C14H11NO4S/c1-19-14-8(6-10(16)12(17)13(14)18)5-9(7-15)11-3-2-4-20-11/h2-6,16-18H,1H3/b9-5-. The van der Waals surface area contributed by atoms with Gasteiger partial charge in [0, 0.05) is 10.4 Å². The van der Waals surface area contributed by atoms with Gasteiger partial charge in [-0.3, -0.25) is 0 Å². The van der Waals surface area contributed by atoms with E-state index >= 15 is 0 Å². The molecule has 0 aliphatic carbocycles. The van der Waals surface area contributed by atoms with Crippen molar-refractivity contribution in [2.75, 3.05) is 7.11 Å². The van der Waals surface area contributed by atoms with Gasteiger partial charge in [0.2, 0.25) is 11.5 Å². The molecule has 0 unspecified atom stereocenters. The number of hydrogen-bond acceptors (Lipinski definition) is 6. The van der Waals surface area contributed by atoms with E-state index in [0.29, 0.717) is 11.1 Å². The molecule has 5 nitrogen and oxygen atoms in total. The van der Waals surface area contributed by atoms with Crippen molar-refractivity contribution in [3.05, 3.63) is 34.0 Å². The maximum absolute atomic E-state index is 9.73. The number of thiophene rings is 1. The lowest BCUT2D eigenvalue weighted by Crippen LogP contribution is -1.89. The molecule has 20 heavy (non-hydrogen) atoms. The molecule has 0 saturated heterocycles. The van der Waals surface area contributed by atoms with Crippen LogP contribution in [0, 0.1) is 11.3 Å². The van der Waals surface area contributed by atoms with Gasteiger partial charge in [-0.25, -0.2) is 0 Å². The summed E-state index contributed by atoms with van der Waals surface area (Å²) >= 11 is 1.39. The number of allylic oxidation sites excluding steroid dienone is 1. The van der Waals surface area contributed by atoms with E-state index in [4.69, 9.17) is 4.74 Å². The van der Waals surface area contributed by atoms with Gasteiger partial charge in [-0.05, 0) is 23.6 Å². The molecule has 0 bridgehead atoms. The largest absolute Gasteiger partial charge is 0.504 e. The fraction of sp³-hybridized carbons (Fsp3) is 0.0714. The number of hydrogen-bond donors (Lipinski definition) is 3. The molecular formula is C14H11NO4S. The number of methoxy groups -OCH3 is 1. The van der Waals surface area contributed by atoms with E-state index in [0.717, 1.165) is 4.88 Å². The zero-order valence-corrected chi connectivity index (χ0v) is 11.3. The third-order valence-electron chi connectivity index (χ3n) is 2.65. The summed E-state index contributed by atoms with van der Waals surface area (Å²) < 4.78 is 5.00. The van der Waals surface area contributed by atoms with Gasteiger partial charge in [0.25, 0.3) is 0 Å². The highest BCUT2D eigenvalue weighted by atomic mass is 32.1. The summed E-state index contributed by atoms with van der Waals surface area (Å²) in [5.74, 6) is -1.72. The lowest BCUT2D eigenvalue weighted by atomic mass is 10.1. The van der Waals surface area contributed by atoms with E-state index in [1.165, 1.54) is 30.6 Å². The Bertz CT molecular complexity index is 699. The van der Waals surface area contributed by atoms with Crippen LogP contribution in [0.15, 0.2) is 23.6 Å². The highest BCUT2D eigenvalue weighted by Gasteiger charge is 2.17. The molecule has 0 spiro atoms. The SMILES string of the molecule is COc1c(/C=C(/C#N)c2cccs2)cc(O)c(O)c1O. The van der Waals surface area contributed by atoms with Crippen LogP contribution in [0.5, 0.6) is 23.0 Å². The van der Waals surface area contributed by atoms with Gasteiger partial charge in [-0.1, -0.05) is 6.07 Å². The van der Waals surface area contributed by atoms with Crippen molar-refractivity contribution in [3.63, 3.8) is 0 Å². The quantitative estimate of drug-likeness (QED) is 0.596. The van der Waals surface area contributed by atoms with Crippen LogP contribution in [0.2, 0.25) is 0 Å². The second-order valence-corrected chi connectivity index (χ2v) is 4.81. The fourth-order valence-electron chi connectivity index (χ4n) is 1.71. The molecule has 3 N–H and O–H groups in total. The van der Waals surface area contributed by atoms with Crippen molar-refractivity contribution >= 4 is 23.0 Å². The number of phenols is 3. The van der Waals surface area contributed by atoms with Crippen molar-refractivity contribution in [3.8, 4) is 29.1 Å². The van der Waals surface area contributed by atoms with E-state index in [-0.39, 0.29) is 5.75 Å². The van der Waals surface area contributed by atoms with E-state index in [1.54, 1.807) is 6.07 Å². The van der Waals surface area contributed by atoms with Gasteiger partial charge in [0.1, 0.15) is 6.07 Å². The molecule has 6 heteroatoms. The minimum atomic E-state index is -0.659. The fourth-order valence-corrected chi connectivity index (χ4v) is 2.41. The zero-order chi connectivity index (χ0) is 14.7. The Morgan fingerprint density at radius 2 is 2.10 bits per heavy atom. The molecule has 0 fully saturated rings. The van der Waals surface area contributed by atoms with Crippen LogP contribution in [-0.2, 0) is 0 Å². The number of nitrogens with zero attached hydrogens (tertiary/aromatic N) is 1. The highest BCUT2D eigenvalue weighted by molar-refractivity contribution is 7.11. The van der Waals surface area contributed by atoms with Gasteiger partial charge in [0.05, 0.1) is 12.7 Å². The number of ether oxygens (including phenoxy) is 1. The number of nitriles is 1. The lowest BCUT2D eigenvalue weighted by molar-refractivity contribution is 0.335. The Morgan fingerprint density at radius 3 is 2.65 bits per heavy atom. The second-order valence-electron chi connectivity index (χ2n) is 3.86. The summed E-state index contributed by atoms with van der Waals surface area (Å²) in [5.41, 5.74) is 0.660. The van der Waals surface area contributed by atoms with Crippen molar-refractivity contribution in [1.82, 2.24) is 0 Å². The highest BCUT2D eigenvalue weighted by Crippen LogP contribution is 2.45. The Balaban J connectivity index is 2.61. The Morgan fingerprint density at radius 1 is 1.35 bits per heavy atom. The van der Waals surface area contributed by atoms with E-state index in [2.05, 4.69) is 0 Å². The summed E-state index contributed by atoms with van der Waals surface area (Å²) in [6.07, 6.45) is 1.48. The zero-order valence-electron chi connectivity index (χ0n) is 10.5. The van der Waals surface area contributed by atoms with Crippen LogP contribution in [0.1, 0.15) is 10.4 Å². The molecule has 0 atom stereocenters. The average Bonchev–Trinajstić information content (AvgIpc) is 2.96. The summed E-state index contributed by atoms with van der Waals surface area (Å²) in [5, 5.41) is 39.8.